The summed E-state index contributed by atoms with van der Waals surface area (Å²) >= 11 is 0. The maximum Gasteiger partial charge on any atom is 0.194 e. The molecule has 1 rings (SSSR count). The molecule has 17 heavy (non-hydrogen) atoms. The number of nitrogens with zero attached hydrogens (tertiary/aromatic N) is 1. The second-order valence-electron chi connectivity index (χ2n) is 4.24. The van der Waals surface area contributed by atoms with Crippen molar-refractivity contribution in [2.45, 2.75) is 19.4 Å². The van der Waals surface area contributed by atoms with Crippen LogP contribution < -0.4 is 0 Å². The number of nitrogens with one attached hydrogen (secondary N) is 1. The van der Waals surface area contributed by atoms with E-state index < -0.39 is 17.5 Å². The number of rotatable bonds is 4. The minimum Gasteiger partial charge on any atom is -0.308 e. The molecule has 5 heteroatoms. The van der Waals surface area contributed by atoms with Gasteiger partial charge in [-0.05, 0) is 45.1 Å². The predicted molar refractivity (Wildman–Crippen MR) is 60.9 cm³/mol. The molecule has 0 aliphatic heterocycles. The Kier molecular flexibility index (Phi) is 4.28. The average Bonchev–Trinajstić information content (AvgIpc) is 2.21. The van der Waals surface area contributed by atoms with E-state index in [0.29, 0.717) is 11.3 Å². The highest BCUT2D eigenvalue weighted by Crippen LogP contribution is 2.16. The van der Waals surface area contributed by atoms with E-state index in [1.165, 1.54) is 0 Å². The Morgan fingerprint density at radius 3 is 2.06 bits per heavy atom. The molecule has 0 aliphatic carbocycles. The Labute approximate surface area is 98.6 Å². The van der Waals surface area contributed by atoms with Crippen LogP contribution in [0.5, 0.6) is 0 Å². The Morgan fingerprint density at radius 1 is 1.24 bits per heavy atom. The van der Waals surface area contributed by atoms with E-state index in [0.717, 1.165) is 12.1 Å². The van der Waals surface area contributed by atoms with E-state index in [9.17, 15) is 13.2 Å². The third-order valence-corrected chi connectivity index (χ3v) is 2.60. The highest BCUT2D eigenvalue weighted by atomic mass is 19.2. The van der Waals surface area contributed by atoms with Gasteiger partial charge >= 0.3 is 0 Å². The molecule has 1 aromatic carbocycles. The molecule has 0 bridgehead atoms. The zero-order valence-corrected chi connectivity index (χ0v) is 10.0. The predicted octanol–water partition coefficient (Wildman–Crippen LogP) is 2.62. The molecular formula is C12H15F3N2. The topological polar surface area (TPSA) is 27.1 Å². The van der Waals surface area contributed by atoms with Crippen molar-refractivity contribution in [3.63, 3.8) is 0 Å². The molecular weight excluding hydrogens is 229 g/mol. The van der Waals surface area contributed by atoms with E-state index in [2.05, 4.69) is 0 Å². The Balaban J connectivity index is 2.98. The van der Waals surface area contributed by atoms with Gasteiger partial charge in [0.25, 0.3) is 0 Å². The normalized spacial score (nSPS) is 12.9. The van der Waals surface area contributed by atoms with Crippen molar-refractivity contribution >= 4 is 5.71 Å². The lowest BCUT2D eigenvalue weighted by atomic mass is 10.0. The van der Waals surface area contributed by atoms with Crippen LogP contribution in [-0.2, 0) is 6.42 Å². The second kappa shape index (κ2) is 5.31. The smallest absolute Gasteiger partial charge is 0.194 e. The molecule has 1 N–H and O–H groups in total. The molecule has 0 saturated heterocycles. The zero-order valence-electron chi connectivity index (χ0n) is 10.0. The molecule has 2 nitrogen and oxygen atoms in total. The van der Waals surface area contributed by atoms with Crippen molar-refractivity contribution in [3.05, 3.63) is 35.1 Å². The first-order chi connectivity index (χ1) is 7.82. The van der Waals surface area contributed by atoms with Gasteiger partial charge in [0.05, 0.1) is 6.04 Å². The number of benzene rings is 1. The average molecular weight is 244 g/mol. The molecule has 1 aromatic rings. The third-order valence-electron chi connectivity index (χ3n) is 2.60. The van der Waals surface area contributed by atoms with Crippen LogP contribution in [0.25, 0.3) is 0 Å². The summed E-state index contributed by atoms with van der Waals surface area (Å²) in [4.78, 5) is 1.78. The second-order valence-corrected chi connectivity index (χ2v) is 4.24. The van der Waals surface area contributed by atoms with Crippen LogP contribution >= 0.6 is 0 Å². The molecule has 0 saturated carbocycles. The Bertz CT molecular complexity index is 407. The summed E-state index contributed by atoms with van der Waals surface area (Å²) in [5.74, 6) is -3.85. The third kappa shape index (κ3) is 3.30. The van der Waals surface area contributed by atoms with Crippen molar-refractivity contribution < 1.29 is 13.2 Å². The molecule has 0 fully saturated rings. The lowest BCUT2D eigenvalue weighted by molar-refractivity contribution is 0.356. The van der Waals surface area contributed by atoms with Gasteiger partial charge in [0.15, 0.2) is 17.5 Å². The van der Waals surface area contributed by atoms with Crippen LogP contribution in [0.1, 0.15) is 12.5 Å². The number of halogens is 3. The molecule has 0 amide bonds. The molecule has 94 valence electrons. The minimum absolute atomic E-state index is 0.251. The number of likely N-dealkylation sites (N-methyl/N-ethyl adjacent to an activating group) is 1. The monoisotopic (exact) mass is 244 g/mol. The SMILES string of the molecule is CC(=N)C(Cc1cc(F)c(F)c(F)c1)N(C)C. The van der Waals surface area contributed by atoms with Gasteiger partial charge in [0, 0.05) is 5.71 Å². The van der Waals surface area contributed by atoms with E-state index >= 15 is 0 Å². The molecule has 1 atom stereocenters. The fourth-order valence-corrected chi connectivity index (χ4v) is 1.67. The van der Waals surface area contributed by atoms with Gasteiger partial charge in [-0.15, -0.1) is 0 Å². The minimum atomic E-state index is -1.46. The summed E-state index contributed by atoms with van der Waals surface area (Å²) in [7, 11) is 3.55. The first kappa shape index (κ1) is 13.7. The van der Waals surface area contributed by atoms with Crippen molar-refractivity contribution in [3.8, 4) is 0 Å². The first-order valence-corrected chi connectivity index (χ1v) is 5.17. The van der Waals surface area contributed by atoms with Crippen molar-refractivity contribution in [2.75, 3.05) is 14.1 Å². The fourth-order valence-electron chi connectivity index (χ4n) is 1.67. The van der Waals surface area contributed by atoms with Crippen LogP contribution in [0.3, 0.4) is 0 Å². The first-order valence-electron chi connectivity index (χ1n) is 5.17. The van der Waals surface area contributed by atoms with Crippen LogP contribution in [-0.4, -0.2) is 30.7 Å². The Morgan fingerprint density at radius 2 is 1.71 bits per heavy atom. The quantitative estimate of drug-likeness (QED) is 0.639. The van der Waals surface area contributed by atoms with Gasteiger partial charge in [0.2, 0.25) is 0 Å². The van der Waals surface area contributed by atoms with Crippen LogP contribution in [0.2, 0.25) is 0 Å². The maximum atomic E-state index is 13.0. The lowest BCUT2D eigenvalue weighted by Gasteiger charge is -2.23. The fraction of sp³-hybridized carbons (Fsp3) is 0.417. The Hall–Kier alpha value is -1.36. The zero-order chi connectivity index (χ0) is 13.2. The lowest BCUT2D eigenvalue weighted by Crippen LogP contribution is -2.35. The maximum absolute atomic E-state index is 13.0. The van der Waals surface area contributed by atoms with E-state index in [1.54, 1.807) is 25.9 Å². The number of hydrogen-bond acceptors (Lipinski definition) is 2. The molecule has 0 aliphatic rings. The van der Waals surface area contributed by atoms with Crippen LogP contribution in [0, 0.1) is 22.9 Å². The highest BCUT2D eigenvalue weighted by molar-refractivity contribution is 5.84. The molecule has 1 unspecified atom stereocenters. The standard InChI is InChI=1S/C12H15F3N2/c1-7(16)11(17(2)3)6-8-4-9(13)12(15)10(14)5-8/h4-5,11,16H,6H2,1-3H3. The van der Waals surface area contributed by atoms with E-state index in [4.69, 9.17) is 5.41 Å². The number of hydrogen-bond donors (Lipinski definition) is 1. The van der Waals surface area contributed by atoms with Crippen molar-refractivity contribution in [1.82, 2.24) is 4.90 Å². The molecule has 0 heterocycles. The van der Waals surface area contributed by atoms with Crippen LogP contribution in [0.4, 0.5) is 13.2 Å². The molecule has 0 aromatic heterocycles. The van der Waals surface area contributed by atoms with Gasteiger partial charge in [-0.2, -0.15) is 0 Å². The summed E-state index contributed by atoms with van der Waals surface area (Å²) in [6.45, 7) is 1.63. The summed E-state index contributed by atoms with van der Waals surface area (Å²) < 4.78 is 38.8. The van der Waals surface area contributed by atoms with Crippen molar-refractivity contribution in [2.24, 2.45) is 0 Å². The summed E-state index contributed by atoms with van der Waals surface area (Å²) in [6, 6.07) is 1.69. The van der Waals surface area contributed by atoms with Gasteiger partial charge in [-0.1, -0.05) is 0 Å². The summed E-state index contributed by atoms with van der Waals surface area (Å²) in [5.41, 5.74) is 0.729. The largest absolute Gasteiger partial charge is 0.308 e. The molecule has 0 spiro atoms. The van der Waals surface area contributed by atoms with Gasteiger partial charge in [-0.3, -0.25) is 0 Å². The highest BCUT2D eigenvalue weighted by Gasteiger charge is 2.17. The van der Waals surface area contributed by atoms with Crippen LogP contribution in [0.15, 0.2) is 12.1 Å². The van der Waals surface area contributed by atoms with Gasteiger partial charge in [-0.25, -0.2) is 13.2 Å². The van der Waals surface area contributed by atoms with Gasteiger partial charge in [0.1, 0.15) is 0 Å². The van der Waals surface area contributed by atoms with E-state index in [-0.39, 0.29) is 12.5 Å². The van der Waals surface area contributed by atoms with Gasteiger partial charge < -0.3 is 10.3 Å². The van der Waals surface area contributed by atoms with E-state index in [1.807, 2.05) is 0 Å². The van der Waals surface area contributed by atoms with Crippen molar-refractivity contribution in [1.29, 1.82) is 5.41 Å². The molecule has 0 radical (unpaired) electrons. The summed E-state index contributed by atoms with van der Waals surface area (Å²) in [5, 5.41) is 7.58. The summed E-state index contributed by atoms with van der Waals surface area (Å²) in [6.07, 6.45) is 0.274.